The first-order valence-corrected chi connectivity index (χ1v) is 38.7. The predicted molar refractivity (Wildman–Crippen MR) is 410 cm³/mol. The molecule has 3 fully saturated rings. The van der Waals surface area contributed by atoms with Gasteiger partial charge in [0.2, 0.25) is 53.2 Å². The van der Waals surface area contributed by atoms with E-state index in [0.29, 0.717) is 48.3 Å². The van der Waals surface area contributed by atoms with Gasteiger partial charge in [0.1, 0.15) is 24.7 Å². The summed E-state index contributed by atoms with van der Waals surface area (Å²) in [7, 11) is 8.15. The van der Waals surface area contributed by atoms with E-state index in [1.165, 1.54) is 30.9 Å². The van der Waals surface area contributed by atoms with Gasteiger partial charge in [0.25, 0.3) is 0 Å². The van der Waals surface area contributed by atoms with Gasteiger partial charge in [0, 0.05) is 70.7 Å². The van der Waals surface area contributed by atoms with Crippen LogP contribution in [0.15, 0.2) is 66.7 Å². The van der Waals surface area contributed by atoms with Gasteiger partial charge in [0.05, 0.1) is 66.9 Å². The highest BCUT2D eigenvalue weighted by atomic mass is 32.2. The predicted octanol–water partition coefficient (Wildman–Crippen LogP) is 6.38. The summed E-state index contributed by atoms with van der Waals surface area (Å²) in [5.74, 6) is -6.45. The number of carboxylic acids is 1. The first-order chi connectivity index (χ1) is 51.1. The number of ketones is 1. The Hall–Kier alpha value is -8.74. The number of methoxy groups -OCH3 is 2. The Morgan fingerprint density at radius 3 is 2.03 bits per heavy atom. The number of thioether (sulfide) groups is 1. The molecule has 1 aliphatic carbocycles. The van der Waals surface area contributed by atoms with Crippen LogP contribution in [0.5, 0.6) is 0 Å². The number of anilines is 1. The van der Waals surface area contributed by atoms with Gasteiger partial charge in [-0.2, -0.15) is 0 Å². The molecule has 12 atom stereocenters. The highest BCUT2D eigenvalue weighted by Gasteiger charge is 2.49. The van der Waals surface area contributed by atoms with Crippen molar-refractivity contribution in [1.82, 2.24) is 51.5 Å². The van der Waals surface area contributed by atoms with Crippen molar-refractivity contribution >= 4 is 105 Å². The largest absolute Gasteiger partial charge is 0.481 e. The number of urea groups is 1. The zero-order valence-corrected chi connectivity index (χ0v) is 66.0. The number of likely N-dealkylation sites (N-methyl/N-ethyl adjacent to an activating group) is 2. The zero-order chi connectivity index (χ0) is 79.9. The van der Waals surface area contributed by atoms with Crippen molar-refractivity contribution in [2.75, 3.05) is 72.6 Å². The minimum absolute atomic E-state index is 0.0390. The summed E-state index contributed by atoms with van der Waals surface area (Å²) in [5, 5.41) is 30.1. The molecular formula is C78H116N12O17S. The average Bonchev–Trinajstić information content (AvgIpc) is 1.62. The number of primary amides is 1. The molecule has 0 radical (unpaired) electrons. The lowest BCUT2D eigenvalue weighted by atomic mass is 9.89. The Kier molecular flexibility index (Phi) is 34.1. The molecule has 3 aromatic rings. The molecule has 0 aromatic heterocycles. The second-order valence-corrected chi connectivity index (χ2v) is 31.6. The normalized spacial score (nSPS) is 18.6. The van der Waals surface area contributed by atoms with Crippen LogP contribution in [0.2, 0.25) is 0 Å². The molecule has 29 nitrogen and oxygen atoms in total. The number of nitrogens with one attached hydrogen (secondary N) is 7. The van der Waals surface area contributed by atoms with E-state index < -0.39 is 119 Å². The van der Waals surface area contributed by atoms with Crippen LogP contribution in [-0.4, -0.2) is 229 Å². The number of likely N-dealkylation sites (tertiary alicyclic amines) is 2. The van der Waals surface area contributed by atoms with Crippen LogP contribution in [0.25, 0.3) is 10.8 Å². The maximum atomic E-state index is 15.2. The average molecular weight is 1530 g/mol. The van der Waals surface area contributed by atoms with E-state index in [-0.39, 0.29) is 130 Å². The molecule has 3 aliphatic rings. The van der Waals surface area contributed by atoms with E-state index in [4.69, 9.17) is 19.9 Å². The molecular weight excluding hydrogens is 1410 g/mol. The van der Waals surface area contributed by atoms with Crippen LogP contribution < -0.4 is 43.0 Å². The molecule has 3 aromatic carbocycles. The lowest BCUT2D eigenvalue weighted by molar-refractivity contribution is -0.148. The lowest BCUT2D eigenvalue weighted by Crippen LogP contribution is -2.59. The summed E-state index contributed by atoms with van der Waals surface area (Å²) >= 11 is 1.34. The smallest absolute Gasteiger partial charge is 0.407 e. The molecule has 6 rings (SSSR count). The Morgan fingerprint density at radius 1 is 0.750 bits per heavy atom. The maximum absolute atomic E-state index is 15.2. The molecule has 108 heavy (non-hydrogen) atoms. The SMILES string of the molecule is CC[C@H](C)C([C@@H](CC(=O)N1C[C@@H](NC(=O)OCc2ccc(NC(=O)C(CCCNC(N)=O)NC(=O)[C@@H](NC(=O)CCCCCN3C(=O)CC(SCC4(CC(=O)O)CC4)C3=O)C(C)C)cc2)C[C@H]1[C@H](OC)[C@@H](C)C(=O)NCC(=O)c1ccc2ccccc2c1)OC)N(C)C(=O)[C@@H](NC(=O)[C@H](C(C)C)N(C)C)C(C)C. The van der Waals surface area contributed by atoms with Gasteiger partial charge in [-0.1, -0.05) is 124 Å². The summed E-state index contributed by atoms with van der Waals surface area (Å²) in [6, 6.07) is 12.6. The van der Waals surface area contributed by atoms with E-state index in [2.05, 4.69) is 37.2 Å². The number of alkyl carbamates (subject to hydrolysis) is 1. The van der Waals surface area contributed by atoms with Crippen LogP contribution in [0.1, 0.15) is 162 Å². The van der Waals surface area contributed by atoms with Gasteiger partial charge in [-0.05, 0) is 123 Å². The van der Waals surface area contributed by atoms with Crippen molar-refractivity contribution in [3.63, 3.8) is 0 Å². The molecule has 0 bridgehead atoms. The fourth-order valence-corrected chi connectivity index (χ4v) is 15.8. The molecule has 10 N–H and O–H groups in total. The van der Waals surface area contributed by atoms with Crippen LogP contribution >= 0.6 is 11.8 Å². The number of carbonyl (C=O) groups excluding carboxylic acids is 12. The fraction of sp³-hybridized carbons (Fsp3) is 0.628. The molecule has 0 spiro atoms. The van der Waals surface area contributed by atoms with Crippen molar-refractivity contribution in [1.29, 1.82) is 0 Å². The standard InChI is InChI=1S/C78H116N12O17S/c1-15-48(8)68(88(12)75(102)66(46(4)5)86-73(100)67(47(6)7)87(10)11)59(105-13)38-62(93)90-42-55(37-57(90)69(106-14)49(9)70(97)81-41-58(91)53-29-28-51-22-18-19-23-52(51)36-53)83-77(104)107-43-50-26-30-54(31-27-50)82-71(98)56(24-21-34-80-76(79)103)84-72(99)65(45(2)3)85-61(92)25-17-16-20-35-89-63(94)39-60(74(89)101)108-44-78(32-33-78)40-64(95)96/h18-19,22-23,26-31,36,45-49,55-57,59-60,65-69H,15-17,20-21,24-25,32-35,37-44H2,1-14H3,(H,81,97)(H,82,98)(H,83,104)(H,84,99)(H,85,92)(H,86,100)(H,95,96)(H3,79,80,103)/t48-,49+,55-,56?,57-,59+,60?,65-,66-,67-,68?,69+/m0/s1. The first kappa shape index (κ1) is 88.2. The van der Waals surface area contributed by atoms with Crippen molar-refractivity contribution in [3.05, 3.63) is 77.9 Å². The Balaban J connectivity index is 1.09. The Morgan fingerprint density at radius 2 is 1.43 bits per heavy atom. The molecule has 596 valence electrons. The molecule has 2 heterocycles. The number of benzene rings is 3. The van der Waals surface area contributed by atoms with Crippen LogP contribution in [0.4, 0.5) is 15.3 Å². The van der Waals surface area contributed by atoms with E-state index in [1.54, 1.807) is 74.0 Å². The molecule has 2 aliphatic heterocycles. The van der Waals surface area contributed by atoms with Crippen molar-refractivity contribution in [2.24, 2.45) is 40.7 Å². The number of hydrogen-bond donors (Lipinski definition) is 9. The summed E-state index contributed by atoms with van der Waals surface area (Å²) < 4.78 is 18.0. The number of aliphatic carboxylic acids is 1. The van der Waals surface area contributed by atoms with Gasteiger partial charge >= 0.3 is 18.1 Å². The van der Waals surface area contributed by atoms with E-state index in [0.717, 1.165) is 23.6 Å². The fourth-order valence-electron chi connectivity index (χ4n) is 14.3. The second kappa shape index (κ2) is 41.7. The second-order valence-electron chi connectivity index (χ2n) is 30.4. The molecule has 3 unspecified atom stereocenters. The zero-order valence-electron chi connectivity index (χ0n) is 65.2. The van der Waals surface area contributed by atoms with Gasteiger partial charge in [-0.25, -0.2) is 9.59 Å². The van der Waals surface area contributed by atoms with Gasteiger partial charge in [-0.3, -0.25) is 62.5 Å². The number of carboxylic acid groups (broad SMARTS) is 1. The third kappa shape index (κ3) is 25.4. The third-order valence-corrected chi connectivity index (χ3v) is 22.4. The number of rotatable bonds is 44. The molecule has 30 heteroatoms. The van der Waals surface area contributed by atoms with E-state index >= 15 is 4.79 Å². The van der Waals surface area contributed by atoms with Crippen LogP contribution in [-0.2, 0) is 68.8 Å². The highest BCUT2D eigenvalue weighted by Crippen LogP contribution is 2.52. The minimum Gasteiger partial charge on any atom is -0.481 e. The van der Waals surface area contributed by atoms with E-state index in [9.17, 15) is 62.6 Å². The number of carbonyl (C=O) groups is 13. The monoisotopic (exact) mass is 1520 g/mol. The summed E-state index contributed by atoms with van der Waals surface area (Å²) in [5.41, 5.74) is 6.21. The quantitative estimate of drug-likeness (QED) is 0.0168. The lowest BCUT2D eigenvalue weighted by Gasteiger charge is -2.41. The van der Waals surface area contributed by atoms with Crippen LogP contribution in [0, 0.1) is 35.0 Å². The number of unbranched alkanes of at least 4 members (excludes halogenated alkanes) is 2. The Labute approximate surface area is 638 Å². The topological polar surface area (TPSA) is 393 Å². The molecule has 12 amide bonds. The number of nitrogens with two attached hydrogens (primary N) is 1. The first-order valence-electron chi connectivity index (χ1n) is 37.6. The number of fused-ring (bicyclic) bond motifs is 1. The number of imide groups is 1. The van der Waals surface area contributed by atoms with Gasteiger partial charge < -0.3 is 72.1 Å². The van der Waals surface area contributed by atoms with Gasteiger partial charge in [0.15, 0.2) is 5.78 Å². The summed E-state index contributed by atoms with van der Waals surface area (Å²) in [4.78, 5) is 181. The number of Topliss-reactive ketones (excluding diaryl/α,β-unsaturated/α-hetero) is 1. The van der Waals surface area contributed by atoms with Gasteiger partial charge in [-0.15, -0.1) is 11.8 Å². The number of amides is 12. The Bertz CT molecular complexity index is 3620. The van der Waals surface area contributed by atoms with Crippen molar-refractivity contribution in [3.8, 4) is 0 Å². The summed E-state index contributed by atoms with van der Waals surface area (Å²) in [6.45, 7) is 16.3. The summed E-state index contributed by atoms with van der Waals surface area (Å²) in [6.07, 6.45) is 1.10. The number of hydrogen-bond acceptors (Lipinski definition) is 18. The molecule has 2 saturated heterocycles. The third-order valence-electron chi connectivity index (χ3n) is 20.8. The highest BCUT2D eigenvalue weighted by molar-refractivity contribution is 8.00. The van der Waals surface area contributed by atoms with Crippen molar-refractivity contribution in [2.45, 2.75) is 212 Å². The number of nitrogens with zero attached hydrogens (tertiary/aromatic N) is 4. The molecule has 1 saturated carbocycles. The van der Waals surface area contributed by atoms with Crippen molar-refractivity contribution < 1.29 is 81.6 Å². The minimum atomic E-state index is -1.15. The number of ether oxygens (including phenoxy) is 3. The van der Waals surface area contributed by atoms with E-state index in [1.807, 2.05) is 90.9 Å². The van der Waals surface area contributed by atoms with Crippen LogP contribution in [0.3, 0.4) is 0 Å². The maximum Gasteiger partial charge on any atom is 0.407 e.